The van der Waals surface area contributed by atoms with Gasteiger partial charge in [0, 0.05) is 17.1 Å². The van der Waals surface area contributed by atoms with Crippen molar-refractivity contribution in [1.29, 1.82) is 0 Å². The van der Waals surface area contributed by atoms with Gasteiger partial charge in [0.15, 0.2) is 0 Å². The molecule has 0 unspecified atom stereocenters. The SMILES string of the molecule is O=C(CCc1ccc(Cl)c(Cl)c1)Nc1ccc(Cl)cc1. The van der Waals surface area contributed by atoms with Crippen LogP contribution in [0, 0.1) is 0 Å². The monoisotopic (exact) mass is 327 g/mol. The zero-order valence-corrected chi connectivity index (χ0v) is 12.8. The summed E-state index contributed by atoms with van der Waals surface area (Å²) >= 11 is 17.6. The molecule has 0 spiro atoms. The van der Waals surface area contributed by atoms with E-state index in [1.165, 1.54) is 0 Å². The summed E-state index contributed by atoms with van der Waals surface area (Å²) in [5, 5.41) is 4.46. The van der Waals surface area contributed by atoms with Gasteiger partial charge in [-0.25, -0.2) is 0 Å². The molecule has 2 nitrogen and oxygen atoms in total. The number of carbonyl (C=O) groups excluding carboxylic acids is 1. The Labute approximate surface area is 132 Å². The Bertz CT molecular complexity index is 611. The molecular formula is C15H12Cl3NO. The van der Waals surface area contributed by atoms with Crippen molar-refractivity contribution in [3.05, 3.63) is 63.1 Å². The number of hydrogen-bond acceptors (Lipinski definition) is 1. The lowest BCUT2D eigenvalue weighted by atomic mass is 10.1. The van der Waals surface area contributed by atoms with Crippen molar-refractivity contribution in [3.8, 4) is 0 Å². The first-order valence-electron chi connectivity index (χ1n) is 6.04. The van der Waals surface area contributed by atoms with Gasteiger partial charge >= 0.3 is 0 Å². The van der Waals surface area contributed by atoms with Gasteiger partial charge < -0.3 is 5.32 Å². The zero-order chi connectivity index (χ0) is 14.5. The van der Waals surface area contributed by atoms with Crippen molar-refractivity contribution < 1.29 is 4.79 Å². The number of nitrogens with one attached hydrogen (secondary N) is 1. The molecule has 0 aliphatic carbocycles. The van der Waals surface area contributed by atoms with Gasteiger partial charge in [0.2, 0.25) is 5.91 Å². The first-order chi connectivity index (χ1) is 9.54. The van der Waals surface area contributed by atoms with Crippen LogP contribution < -0.4 is 5.32 Å². The molecule has 1 N–H and O–H groups in total. The highest BCUT2D eigenvalue weighted by atomic mass is 35.5. The van der Waals surface area contributed by atoms with Gasteiger partial charge in [0.05, 0.1) is 10.0 Å². The van der Waals surface area contributed by atoms with Gasteiger partial charge in [-0.1, -0.05) is 40.9 Å². The fourth-order valence-corrected chi connectivity index (χ4v) is 2.16. The molecule has 0 radical (unpaired) electrons. The van der Waals surface area contributed by atoms with Crippen molar-refractivity contribution in [1.82, 2.24) is 0 Å². The summed E-state index contributed by atoms with van der Waals surface area (Å²) < 4.78 is 0. The van der Waals surface area contributed by atoms with Gasteiger partial charge in [-0.05, 0) is 48.4 Å². The van der Waals surface area contributed by atoms with E-state index in [9.17, 15) is 4.79 Å². The Morgan fingerprint density at radius 3 is 2.30 bits per heavy atom. The van der Waals surface area contributed by atoms with E-state index in [0.29, 0.717) is 27.9 Å². The first-order valence-corrected chi connectivity index (χ1v) is 7.17. The molecule has 0 saturated carbocycles. The summed E-state index contributed by atoms with van der Waals surface area (Å²) in [4.78, 5) is 11.8. The molecule has 0 saturated heterocycles. The van der Waals surface area contributed by atoms with Crippen molar-refractivity contribution in [2.24, 2.45) is 0 Å². The van der Waals surface area contributed by atoms with Crippen LogP contribution in [-0.2, 0) is 11.2 Å². The Morgan fingerprint density at radius 2 is 1.65 bits per heavy atom. The van der Waals surface area contributed by atoms with Crippen LogP contribution in [0.3, 0.4) is 0 Å². The summed E-state index contributed by atoms with van der Waals surface area (Å²) in [6.07, 6.45) is 0.983. The highest BCUT2D eigenvalue weighted by Crippen LogP contribution is 2.23. The van der Waals surface area contributed by atoms with E-state index in [2.05, 4.69) is 5.32 Å². The molecule has 5 heteroatoms. The number of rotatable bonds is 4. The van der Waals surface area contributed by atoms with Crippen molar-refractivity contribution in [2.75, 3.05) is 5.32 Å². The third-order valence-electron chi connectivity index (χ3n) is 2.75. The van der Waals surface area contributed by atoms with Gasteiger partial charge in [-0.15, -0.1) is 0 Å². The van der Waals surface area contributed by atoms with Gasteiger partial charge in [0.25, 0.3) is 0 Å². The molecule has 0 aliphatic rings. The molecule has 2 aromatic rings. The predicted molar refractivity (Wildman–Crippen MR) is 84.9 cm³/mol. The van der Waals surface area contributed by atoms with E-state index in [4.69, 9.17) is 34.8 Å². The lowest BCUT2D eigenvalue weighted by molar-refractivity contribution is -0.116. The average molecular weight is 329 g/mol. The molecule has 0 bridgehead atoms. The number of hydrogen-bond donors (Lipinski definition) is 1. The van der Waals surface area contributed by atoms with Crippen LogP contribution in [0.4, 0.5) is 5.69 Å². The van der Waals surface area contributed by atoms with Crippen LogP contribution in [0.25, 0.3) is 0 Å². The van der Waals surface area contributed by atoms with E-state index >= 15 is 0 Å². The minimum absolute atomic E-state index is 0.0570. The highest BCUT2D eigenvalue weighted by molar-refractivity contribution is 6.42. The van der Waals surface area contributed by atoms with Crippen molar-refractivity contribution in [3.63, 3.8) is 0 Å². The fourth-order valence-electron chi connectivity index (χ4n) is 1.71. The molecule has 20 heavy (non-hydrogen) atoms. The van der Waals surface area contributed by atoms with Crippen LogP contribution in [0.2, 0.25) is 15.1 Å². The Hall–Kier alpha value is -1.22. The predicted octanol–water partition coefficient (Wildman–Crippen LogP) is 5.22. The molecule has 0 aliphatic heterocycles. The number of aryl methyl sites for hydroxylation is 1. The summed E-state index contributed by atoms with van der Waals surface area (Å²) in [6.45, 7) is 0. The van der Waals surface area contributed by atoms with Crippen LogP contribution in [-0.4, -0.2) is 5.91 Å². The van der Waals surface area contributed by atoms with E-state index in [1.54, 1.807) is 36.4 Å². The number of carbonyl (C=O) groups is 1. The molecule has 2 rings (SSSR count). The third-order valence-corrected chi connectivity index (χ3v) is 3.74. The first kappa shape index (κ1) is 15.2. The maximum absolute atomic E-state index is 11.8. The molecular weight excluding hydrogens is 317 g/mol. The quantitative estimate of drug-likeness (QED) is 0.819. The summed E-state index contributed by atoms with van der Waals surface area (Å²) in [7, 11) is 0. The molecule has 1 amide bonds. The van der Waals surface area contributed by atoms with Crippen LogP contribution >= 0.6 is 34.8 Å². The summed E-state index contributed by atoms with van der Waals surface area (Å²) in [6, 6.07) is 12.4. The van der Waals surface area contributed by atoms with E-state index in [1.807, 2.05) is 6.07 Å². The smallest absolute Gasteiger partial charge is 0.224 e. The van der Waals surface area contributed by atoms with E-state index in [0.717, 1.165) is 11.3 Å². The second-order valence-corrected chi connectivity index (χ2v) is 5.55. The lowest BCUT2D eigenvalue weighted by Gasteiger charge is -2.06. The Morgan fingerprint density at radius 1 is 0.950 bits per heavy atom. The van der Waals surface area contributed by atoms with Crippen LogP contribution in [0.1, 0.15) is 12.0 Å². The van der Waals surface area contributed by atoms with E-state index < -0.39 is 0 Å². The van der Waals surface area contributed by atoms with Crippen molar-refractivity contribution >= 4 is 46.4 Å². The highest BCUT2D eigenvalue weighted by Gasteiger charge is 2.05. The fraction of sp³-hybridized carbons (Fsp3) is 0.133. The molecule has 104 valence electrons. The zero-order valence-electron chi connectivity index (χ0n) is 10.5. The summed E-state index contributed by atoms with van der Waals surface area (Å²) in [5.41, 5.74) is 1.71. The minimum Gasteiger partial charge on any atom is -0.326 e. The second-order valence-electron chi connectivity index (χ2n) is 4.30. The molecule has 2 aromatic carbocycles. The maximum Gasteiger partial charge on any atom is 0.224 e. The number of halogens is 3. The largest absolute Gasteiger partial charge is 0.326 e. The maximum atomic E-state index is 11.8. The number of amides is 1. The van der Waals surface area contributed by atoms with Gasteiger partial charge in [-0.2, -0.15) is 0 Å². The molecule has 0 atom stereocenters. The molecule has 0 aromatic heterocycles. The number of anilines is 1. The average Bonchev–Trinajstić information content (AvgIpc) is 2.43. The Balaban J connectivity index is 1.88. The second kappa shape index (κ2) is 6.98. The van der Waals surface area contributed by atoms with Crippen LogP contribution in [0.5, 0.6) is 0 Å². The number of benzene rings is 2. The van der Waals surface area contributed by atoms with E-state index in [-0.39, 0.29) is 5.91 Å². The molecule has 0 heterocycles. The van der Waals surface area contributed by atoms with Gasteiger partial charge in [-0.3, -0.25) is 4.79 Å². The van der Waals surface area contributed by atoms with Crippen LogP contribution in [0.15, 0.2) is 42.5 Å². The topological polar surface area (TPSA) is 29.1 Å². The third kappa shape index (κ3) is 4.41. The lowest BCUT2D eigenvalue weighted by Crippen LogP contribution is -2.12. The van der Waals surface area contributed by atoms with Crippen molar-refractivity contribution in [2.45, 2.75) is 12.8 Å². The standard InChI is InChI=1S/C15H12Cl3NO/c16-11-3-5-12(6-4-11)19-15(20)8-2-10-1-7-13(17)14(18)9-10/h1,3-7,9H,2,8H2,(H,19,20). The Kier molecular flexibility index (Phi) is 5.30. The summed E-state index contributed by atoms with van der Waals surface area (Å²) in [5.74, 6) is -0.0570. The molecule has 0 fully saturated rings. The minimum atomic E-state index is -0.0570. The normalized spacial score (nSPS) is 10.3. The van der Waals surface area contributed by atoms with Gasteiger partial charge in [0.1, 0.15) is 0 Å².